The molecule has 0 spiro atoms. The smallest absolute Gasteiger partial charge is 0.323 e. The Bertz CT molecular complexity index is 797. The van der Waals surface area contributed by atoms with Crippen LogP contribution in [0.15, 0.2) is 10.9 Å². The number of rotatable bonds is 2. The molecule has 0 bridgehead atoms. The molecule has 1 heterocycles. The Hall–Kier alpha value is -1.74. The molecule has 0 fully saturated rings. The second kappa shape index (κ2) is 5.47. The first-order valence-electron chi connectivity index (χ1n) is 5.71. The molecular weight excluding hydrogens is 351 g/mol. The van der Waals surface area contributed by atoms with Crippen LogP contribution in [-0.2, 0) is 6.18 Å². The van der Waals surface area contributed by atoms with Gasteiger partial charge < -0.3 is 5.43 Å². The lowest BCUT2D eigenvalue weighted by atomic mass is 10.2. The number of halogens is 6. The van der Waals surface area contributed by atoms with Crippen molar-refractivity contribution >= 4 is 23.2 Å². The fraction of sp³-hybridized carbons (Fsp3) is 0.273. The number of hydrogen-bond donors (Lipinski definition) is 1. The third-order valence-corrected chi connectivity index (χ3v) is 3.45. The molecule has 0 unspecified atom stereocenters. The van der Waals surface area contributed by atoms with E-state index in [4.69, 9.17) is 23.2 Å². The highest BCUT2D eigenvalue weighted by Crippen LogP contribution is 2.39. The lowest BCUT2D eigenvalue weighted by Gasteiger charge is -2.13. The average Bonchev–Trinajstić information content (AvgIpc) is 2.68. The van der Waals surface area contributed by atoms with Gasteiger partial charge in [0, 0.05) is 7.05 Å². The van der Waals surface area contributed by atoms with E-state index < -0.39 is 39.0 Å². The second-order valence-corrected chi connectivity index (χ2v) is 4.97. The molecule has 22 heavy (non-hydrogen) atoms. The normalized spacial score (nSPS) is 11.8. The molecule has 0 saturated carbocycles. The molecule has 1 aromatic carbocycles. The van der Waals surface area contributed by atoms with Crippen molar-refractivity contribution in [3.63, 3.8) is 0 Å². The van der Waals surface area contributed by atoms with Crippen molar-refractivity contribution in [2.75, 3.05) is 12.5 Å². The maximum absolute atomic E-state index is 13.9. The van der Waals surface area contributed by atoms with Crippen molar-refractivity contribution in [1.82, 2.24) is 14.5 Å². The number of aryl methyl sites for hydroxylation is 1. The van der Waals surface area contributed by atoms with Crippen molar-refractivity contribution < 1.29 is 17.6 Å². The van der Waals surface area contributed by atoms with E-state index in [2.05, 4.69) is 10.5 Å². The van der Waals surface area contributed by atoms with E-state index in [1.165, 1.54) is 14.0 Å². The molecule has 0 aliphatic rings. The minimum atomic E-state index is -4.97. The summed E-state index contributed by atoms with van der Waals surface area (Å²) in [6.07, 6.45) is -4.97. The Morgan fingerprint density at radius 1 is 1.32 bits per heavy atom. The zero-order valence-electron chi connectivity index (χ0n) is 11.1. The maximum atomic E-state index is 13.9. The third-order valence-electron chi connectivity index (χ3n) is 2.82. The van der Waals surface area contributed by atoms with Gasteiger partial charge in [0.25, 0.3) is 0 Å². The minimum Gasteiger partial charge on any atom is -0.323 e. The molecule has 1 aromatic heterocycles. The zero-order valence-corrected chi connectivity index (χ0v) is 12.6. The predicted molar refractivity (Wildman–Crippen MR) is 72.8 cm³/mol. The molecule has 120 valence electrons. The van der Waals surface area contributed by atoms with E-state index in [1.54, 1.807) is 0 Å². The van der Waals surface area contributed by atoms with Gasteiger partial charge in [-0.15, -0.1) is 5.10 Å². The second-order valence-electron chi connectivity index (χ2n) is 4.18. The Balaban J connectivity index is 2.79. The summed E-state index contributed by atoms with van der Waals surface area (Å²) < 4.78 is 53.5. The third kappa shape index (κ3) is 2.54. The van der Waals surface area contributed by atoms with Crippen LogP contribution in [0.3, 0.4) is 0 Å². The quantitative estimate of drug-likeness (QED) is 0.663. The van der Waals surface area contributed by atoms with E-state index in [0.717, 1.165) is 4.68 Å². The van der Waals surface area contributed by atoms with E-state index in [1.807, 2.05) is 0 Å². The lowest BCUT2D eigenvalue weighted by molar-refractivity contribution is -0.139. The van der Waals surface area contributed by atoms with Crippen molar-refractivity contribution in [2.45, 2.75) is 13.1 Å². The Kier molecular flexibility index (Phi) is 4.14. The van der Waals surface area contributed by atoms with Gasteiger partial charge in [-0.05, 0) is 13.0 Å². The van der Waals surface area contributed by atoms with Gasteiger partial charge in [-0.3, -0.25) is 0 Å². The number of nitrogens with zero attached hydrogens (tertiary/aromatic N) is 3. The summed E-state index contributed by atoms with van der Waals surface area (Å²) in [5, 5.41) is 2.30. The van der Waals surface area contributed by atoms with Crippen LogP contribution in [0.5, 0.6) is 0 Å². The first-order valence-corrected chi connectivity index (χ1v) is 6.46. The Morgan fingerprint density at radius 3 is 2.36 bits per heavy atom. The highest BCUT2D eigenvalue weighted by atomic mass is 35.5. The minimum absolute atomic E-state index is 0.180. The molecule has 0 aliphatic heterocycles. The summed E-state index contributed by atoms with van der Waals surface area (Å²) in [6, 6.07) is 0.359. The average molecular weight is 359 g/mol. The van der Waals surface area contributed by atoms with Gasteiger partial charge >= 0.3 is 11.9 Å². The molecule has 0 aliphatic carbocycles. The van der Waals surface area contributed by atoms with Crippen LogP contribution in [0.2, 0.25) is 10.0 Å². The number of benzene rings is 1. The highest BCUT2D eigenvalue weighted by Gasteiger charge is 2.37. The van der Waals surface area contributed by atoms with Crippen LogP contribution < -0.4 is 11.1 Å². The van der Waals surface area contributed by atoms with Crippen LogP contribution in [0.25, 0.3) is 5.69 Å². The van der Waals surface area contributed by atoms with Crippen LogP contribution in [0.1, 0.15) is 11.4 Å². The summed E-state index contributed by atoms with van der Waals surface area (Å²) >= 11 is 11.4. The molecule has 0 saturated heterocycles. The topological polar surface area (TPSA) is 51.9 Å². The van der Waals surface area contributed by atoms with Gasteiger partial charge in [-0.2, -0.15) is 22.5 Å². The van der Waals surface area contributed by atoms with E-state index in [0.29, 0.717) is 10.7 Å². The molecule has 11 heteroatoms. The predicted octanol–water partition coefficient (Wildman–Crippen LogP) is 2.98. The fourth-order valence-corrected chi connectivity index (χ4v) is 2.47. The van der Waals surface area contributed by atoms with Gasteiger partial charge in [0.2, 0.25) is 0 Å². The largest absolute Gasteiger partial charge is 0.419 e. The Morgan fingerprint density at radius 2 is 1.91 bits per heavy atom. The number of aromatic nitrogens is 3. The van der Waals surface area contributed by atoms with Gasteiger partial charge in [0.1, 0.15) is 10.7 Å². The summed E-state index contributed by atoms with van der Waals surface area (Å²) in [5.41, 5.74) is -0.368. The number of alkyl halides is 3. The van der Waals surface area contributed by atoms with Crippen molar-refractivity contribution in [2.24, 2.45) is 0 Å². The first kappa shape index (κ1) is 16.6. The summed E-state index contributed by atoms with van der Waals surface area (Å²) in [5.74, 6) is -1.54. The molecule has 2 rings (SSSR count). The van der Waals surface area contributed by atoms with E-state index >= 15 is 0 Å². The number of hydrogen-bond acceptors (Lipinski definition) is 3. The zero-order chi connectivity index (χ0) is 16.8. The first-order chi connectivity index (χ1) is 10.1. The van der Waals surface area contributed by atoms with Gasteiger partial charge in [-0.25, -0.2) is 9.18 Å². The van der Waals surface area contributed by atoms with E-state index in [9.17, 15) is 22.4 Å². The summed E-state index contributed by atoms with van der Waals surface area (Å²) in [4.78, 5) is 12.1. The molecule has 1 N–H and O–H groups in total. The van der Waals surface area contributed by atoms with Crippen LogP contribution in [0.4, 0.5) is 17.6 Å². The van der Waals surface area contributed by atoms with Crippen molar-refractivity contribution in [3.05, 3.63) is 43.8 Å². The summed E-state index contributed by atoms with van der Waals surface area (Å²) in [6.45, 7) is 1.46. The molecule has 0 amide bonds. The molecule has 5 nitrogen and oxygen atoms in total. The highest BCUT2D eigenvalue weighted by molar-refractivity contribution is 6.38. The fourth-order valence-electron chi connectivity index (χ4n) is 1.85. The summed E-state index contributed by atoms with van der Waals surface area (Å²) in [7, 11) is 1.43. The lowest BCUT2D eigenvalue weighted by Crippen LogP contribution is -2.29. The van der Waals surface area contributed by atoms with Crippen LogP contribution in [0, 0.1) is 12.7 Å². The monoisotopic (exact) mass is 358 g/mol. The molecular formula is C11H8Cl2F4N4O. The Labute approximate surface area is 131 Å². The maximum Gasteiger partial charge on any atom is 0.419 e. The number of nitrogens with one attached hydrogen (secondary N) is 1. The van der Waals surface area contributed by atoms with Crippen molar-refractivity contribution in [3.8, 4) is 5.69 Å². The van der Waals surface area contributed by atoms with Crippen LogP contribution >= 0.6 is 23.2 Å². The van der Waals surface area contributed by atoms with Gasteiger partial charge in [0.05, 0.1) is 10.6 Å². The SMILES string of the molecule is CNn1c(C)nn(-c2c(Cl)cc(C(F)(F)F)c(F)c2Cl)c1=O. The van der Waals surface area contributed by atoms with Crippen molar-refractivity contribution in [1.29, 1.82) is 0 Å². The van der Waals surface area contributed by atoms with Gasteiger partial charge in [-0.1, -0.05) is 23.2 Å². The van der Waals surface area contributed by atoms with Gasteiger partial charge in [0.15, 0.2) is 11.6 Å². The van der Waals surface area contributed by atoms with Crippen LogP contribution in [-0.4, -0.2) is 21.5 Å². The standard InChI is InChI=1S/C11H8Cl2F4N4O/c1-4-19-21(10(22)20(4)18-2)9-6(12)3-5(11(15,16)17)8(14)7(9)13/h3,18H,1-2H3. The molecule has 0 radical (unpaired) electrons. The molecule has 0 atom stereocenters. The van der Waals surface area contributed by atoms with E-state index in [-0.39, 0.29) is 5.82 Å². The molecule has 2 aromatic rings.